The highest BCUT2D eigenvalue weighted by Gasteiger charge is 2.50. The van der Waals surface area contributed by atoms with E-state index in [0.29, 0.717) is 5.56 Å². The average Bonchev–Trinajstić information content (AvgIpc) is 2.57. The maximum absolute atomic E-state index is 11.9. The lowest BCUT2D eigenvalue weighted by Crippen LogP contribution is -2.59. The normalized spacial score (nSPS) is 12.9. The van der Waals surface area contributed by atoms with E-state index in [-0.39, 0.29) is 18.1 Å². The highest BCUT2D eigenvalue weighted by molar-refractivity contribution is 6.09. The molecule has 1 rings (SSSR count). The number of ketones is 1. The summed E-state index contributed by atoms with van der Waals surface area (Å²) in [6.45, 7) is 2.51. The van der Waals surface area contributed by atoms with Crippen molar-refractivity contribution in [3.8, 4) is 0 Å². The summed E-state index contributed by atoms with van der Waals surface area (Å²) in [5.74, 6) is -1.71. The van der Waals surface area contributed by atoms with Gasteiger partial charge in [0.1, 0.15) is 6.61 Å². The number of hydroxylamine groups is 2. The standard InChI is InChI=1S/C15H19NO6/c1-4-12(17)15(2,13(18)21-3)16(20)14(19)22-10-11-8-6-5-7-9-11/h5-9,20H,4,10H2,1-3H3/t15-/m1/s1. The molecule has 0 saturated heterocycles. The summed E-state index contributed by atoms with van der Waals surface area (Å²) < 4.78 is 9.41. The molecule has 7 heteroatoms. The summed E-state index contributed by atoms with van der Waals surface area (Å²) in [5.41, 5.74) is -1.44. The van der Waals surface area contributed by atoms with E-state index in [0.717, 1.165) is 14.0 Å². The second-order valence-corrected chi connectivity index (χ2v) is 4.69. The molecule has 0 saturated carbocycles. The molecule has 1 aromatic carbocycles. The van der Waals surface area contributed by atoms with Crippen LogP contribution in [0.3, 0.4) is 0 Å². The van der Waals surface area contributed by atoms with Gasteiger partial charge >= 0.3 is 12.1 Å². The van der Waals surface area contributed by atoms with Gasteiger partial charge in [-0.15, -0.1) is 0 Å². The Morgan fingerprint density at radius 2 is 1.82 bits per heavy atom. The van der Waals surface area contributed by atoms with Gasteiger partial charge in [0, 0.05) is 6.42 Å². The molecule has 0 spiro atoms. The van der Waals surface area contributed by atoms with E-state index < -0.39 is 23.4 Å². The van der Waals surface area contributed by atoms with Crippen molar-refractivity contribution in [2.24, 2.45) is 0 Å². The van der Waals surface area contributed by atoms with E-state index in [4.69, 9.17) is 4.74 Å². The first-order valence-electron chi connectivity index (χ1n) is 6.69. The molecule has 22 heavy (non-hydrogen) atoms. The van der Waals surface area contributed by atoms with Crippen LogP contribution in [0.2, 0.25) is 0 Å². The molecule has 120 valence electrons. The second kappa shape index (κ2) is 7.56. The fraction of sp³-hybridized carbons (Fsp3) is 0.400. The van der Waals surface area contributed by atoms with Crippen molar-refractivity contribution in [1.82, 2.24) is 5.06 Å². The third-order valence-electron chi connectivity index (χ3n) is 3.25. The molecule has 1 aromatic rings. The number of ether oxygens (including phenoxy) is 2. The molecule has 1 amide bonds. The van der Waals surface area contributed by atoms with Gasteiger partial charge < -0.3 is 9.47 Å². The van der Waals surface area contributed by atoms with Crippen LogP contribution in [0, 0.1) is 0 Å². The monoisotopic (exact) mass is 309 g/mol. The largest absolute Gasteiger partial charge is 0.467 e. The van der Waals surface area contributed by atoms with Crippen LogP contribution >= 0.6 is 0 Å². The Bertz CT molecular complexity index is 526. The summed E-state index contributed by atoms with van der Waals surface area (Å²) in [7, 11) is 1.06. The van der Waals surface area contributed by atoms with Crippen LogP contribution < -0.4 is 0 Å². The number of methoxy groups -OCH3 is 1. The highest BCUT2D eigenvalue weighted by atomic mass is 16.6. The Balaban J connectivity index is 2.85. The Labute approximate surface area is 128 Å². The van der Waals surface area contributed by atoms with Crippen LogP contribution in [0.4, 0.5) is 4.79 Å². The summed E-state index contributed by atoms with van der Waals surface area (Å²) in [5, 5.41) is 9.93. The van der Waals surface area contributed by atoms with Crippen molar-refractivity contribution in [3.05, 3.63) is 35.9 Å². The Morgan fingerprint density at radius 1 is 1.23 bits per heavy atom. The molecular formula is C15H19NO6. The summed E-state index contributed by atoms with van der Waals surface area (Å²) >= 11 is 0. The van der Waals surface area contributed by atoms with Crippen LogP contribution in [-0.2, 0) is 25.7 Å². The number of esters is 1. The zero-order chi connectivity index (χ0) is 16.8. The SMILES string of the molecule is CCC(=O)[C@](C)(C(=O)OC)N(O)C(=O)OCc1ccccc1. The Kier molecular flexibility index (Phi) is 6.06. The maximum Gasteiger partial charge on any atom is 0.435 e. The third-order valence-corrected chi connectivity index (χ3v) is 3.25. The Hall–Kier alpha value is -2.41. The first kappa shape index (κ1) is 17.6. The predicted octanol–water partition coefficient (Wildman–Crippen LogP) is 1.93. The number of nitrogens with zero attached hydrogens (tertiary/aromatic N) is 1. The van der Waals surface area contributed by atoms with Crippen molar-refractivity contribution < 1.29 is 29.1 Å². The van der Waals surface area contributed by atoms with Crippen LogP contribution in [0.15, 0.2) is 30.3 Å². The van der Waals surface area contributed by atoms with E-state index in [1.54, 1.807) is 30.3 Å². The van der Waals surface area contributed by atoms with Gasteiger partial charge in [0.2, 0.25) is 5.54 Å². The fourth-order valence-electron chi connectivity index (χ4n) is 1.82. The van der Waals surface area contributed by atoms with Crippen molar-refractivity contribution >= 4 is 17.8 Å². The molecule has 0 bridgehead atoms. The topological polar surface area (TPSA) is 93.1 Å². The summed E-state index contributed by atoms with van der Waals surface area (Å²) in [4.78, 5) is 35.6. The summed E-state index contributed by atoms with van der Waals surface area (Å²) in [6, 6.07) is 8.79. The highest BCUT2D eigenvalue weighted by Crippen LogP contribution is 2.20. The molecule has 1 atom stereocenters. The van der Waals surface area contributed by atoms with Crippen LogP contribution in [0.5, 0.6) is 0 Å². The van der Waals surface area contributed by atoms with Gasteiger partial charge in [-0.2, -0.15) is 5.06 Å². The van der Waals surface area contributed by atoms with Gasteiger partial charge in [0.15, 0.2) is 5.78 Å². The number of hydrogen-bond donors (Lipinski definition) is 1. The molecule has 1 N–H and O–H groups in total. The minimum absolute atomic E-state index is 0.0202. The zero-order valence-corrected chi connectivity index (χ0v) is 12.7. The van der Waals surface area contributed by atoms with Crippen LogP contribution in [-0.4, -0.2) is 40.8 Å². The molecule has 0 radical (unpaired) electrons. The maximum atomic E-state index is 11.9. The van der Waals surface area contributed by atoms with Crippen LogP contribution in [0.25, 0.3) is 0 Å². The molecule has 0 fully saturated rings. The van der Waals surface area contributed by atoms with Crippen molar-refractivity contribution in [2.75, 3.05) is 7.11 Å². The van der Waals surface area contributed by atoms with Crippen molar-refractivity contribution in [2.45, 2.75) is 32.4 Å². The lowest BCUT2D eigenvalue weighted by molar-refractivity contribution is -0.187. The molecule has 7 nitrogen and oxygen atoms in total. The van der Waals surface area contributed by atoms with Gasteiger partial charge in [-0.1, -0.05) is 37.3 Å². The third kappa shape index (κ3) is 3.62. The van der Waals surface area contributed by atoms with Gasteiger partial charge in [0.25, 0.3) is 0 Å². The van der Waals surface area contributed by atoms with Gasteiger partial charge in [-0.05, 0) is 12.5 Å². The minimum Gasteiger partial charge on any atom is -0.467 e. The minimum atomic E-state index is -2.14. The quantitative estimate of drug-likeness (QED) is 0.373. The van der Waals surface area contributed by atoms with E-state index in [9.17, 15) is 19.6 Å². The number of Topliss-reactive ketones (excluding diaryl/α,β-unsaturated/α-hetero) is 1. The van der Waals surface area contributed by atoms with Crippen LogP contribution in [0.1, 0.15) is 25.8 Å². The van der Waals surface area contributed by atoms with E-state index >= 15 is 0 Å². The Morgan fingerprint density at radius 3 is 2.32 bits per heavy atom. The van der Waals surface area contributed by atoms with Crippen molar-refractivity contribution in [3.63, 3.8) is 0 Å². The number of benzene rings is 1. The fourth-order valence-corrected chi connectivity index (χ4v) is 1.82. The van der Waals surface area contributed by atoms with Gasteiger partial charge in [-0.25, -0.2) is 9.59 Å². The molecule has 0 aliphatic rings. The predicted molar refractivity (Wildman–Crippen MR) is 76.0 cm³/mol. The zero-order valence-electron chi connectivity index (χ0n) is 12.7. The molecule has 0 unspecified atom stereocenters. The molecule has 0 aromatic heterocycles. The smallest absolute Gasteiger partial charge is 0.435 e. The molecule has 0 aliphatic carbocycles. The number of hydrogen-bond acceptors (Lipinski definition) is 6. The number of carbonyl (C=O) groups excluding carboxylic acids is 3. The molecular weight excluding hydrogens is 290 g/mol. The second-order valence-electron chi connectivity index (χ2n) is 4.69. The number of amides is 1. The molecule has 0 aliphatic heterocycles. The van der Waals surface area contributed by atoms with Crippen molar-refractivity contribution in [1.29, 1.82) is 0 Å². The van der Waals surface area contributed by atoms with E-state index in [1.165, 1.54) is 6.92 Å². The van der Waals surface area contributed by atoms with Gasteiger partial charge in [0.05, 0.1) is 7.11 Å². The molecule has 0 heterocycles. The number of carbonyl (C=O) groups is 3. The first-order valence-corrected chi connectivity index (χ1v) is 6.69. The average molecular weight is 309 g/mol. The number of rotatable bonds is 6. The van der Waals surface area contributed by atoms with E-state index in [2.05, 4.69) is 4.74 Å². The summed E-state index contributed by atoms with van der Waals surface area (Å²) in [6.07, 6.45) is -1.27. The lowest BCUT2D eigenvalue weighted by Gasteiger charge is -2.31. The lowest BCUT2D eigenvalue weighted by atomic mass is 9.94. The van der Waals surface area contributed by atoms with E-state index in [1.807, 2.05) is 0 Å². The first-order chi connectivity index (χ1) is 10.4. The van der Waals surface area contributed by atoms with Gasteiger partial charge in [-0.3, -0.25) is 10.0 Å².